The summed E-state index contributed by atoms with van der Waals surface area (Å²) in [5.41, 5.74) is 4.43. The first-order valence-corrected chi connectivity index (χ1v) is 5.79. The zero-order valence-corrected chi connectivity index (χ0v) is 9.61. The van der Waals surface area contributed by atoms with Gasteiger partial charge >= 0.3 is 0 Å². The minimum absolute atomic E-state index is 0.168. The molecule has 0 saturated heterocycles. The summed E-state index contributed by atoms with van der Waals surface area (Å²) < 4.78 is 27.8. The molecule has 1 fully saturated rings. The molecule has 0 spiro atoms. The van der Waals surface area contributed by atoms with Gasteiger partial charge in [0.15, 0.2) is 0 Å². The molecule has 0 aromatic heterocycles. The van der Waals surface area contributed by atoms with Gasteiger partial charge in [-0.05, 0) is 37.5 Å². The van der Waals surface area contributed by atoms with Crippen LogP contribution in [0.25, 0.3) is 0 Å². The van der Waals surface area contributed by atoms with Gasteiger partial charge in [-0.1, -0.05) is 11.6 Å². The Morgan fingerprint density at radius 1 is 1.44 bits per heavy atom. The molecule has 2 N–H and O–H groups in total. The highest BCUT2D eigenvalue weighted by Gasteiger charge is 2.38. The molecular formula is C12H14ClF2N. The standard InChI is InChI=1S/C12H14ClF2N/c13-11-4-3-8(14)6-10(11)12(15)5-1-2-9(16)7-12/h3-4,6,9H,1-2,5,7,16H2. The molecule has 1 nitrogen and oxygen atoms in total. The monoisotopic (exact) mass is 245 g/mol. The molecule has 2 atom stereocenters. The smallest absolute Gasteiger partial charge is 0.139 e. The van der Waals surface area contributed by atoms with Gasteiger partial charge in [-0.25, -0.2) is 8.78 Å². The predicted molar refractivity (Wildman–Crippen MR) is 60.6 cm³/mol. The minimum atomic E-state index is -1.57. The first-order chi connectivity index (χ1) is 7.51. The molecule has 1 saturated carbocycles. The first kappa shape index (κ1) is 11.8. The summed E-state index contributed by atoms with van der Waals surface area (Å²) in [5.74, 6) is -0.462. The van der Waals surface area contributed by atoms with Crippen LogP contribution in [0.3, 0.4) is 0 Å². The van der Waals surface area contributed by atoms with Gasteiger partial charge in [-0.2, -0.15) is 0 Å². The van der Waals surface area contributed by atoms with E-state index in [9.17, 15) is 8.78 Å². The number of rotatable bonds is 1. The fourth-order valence-electron chi connectivity index (χ4n) is 2.35. The maximum absolute atomic E-state index is 14.7. The number of nitrogens with two attached hydrogens (primary N) is 1. The second-order valence-corrected chi connectivity index (χ2v) is 4.85. The van der Waals surface area contributed by atoms with Crippen molar-refractivity contribution in [3.05, 3.63) is 34.6 Å². The summed E-state index contributed by atoms with van der Waals surface area (Å²) in [6, 6.07) is 3.64. The molecule has 1 aromatic carbocycles. The van der Waals surface area contributed by atoms with E-state index in [0.29, 0.717) is 12.8 Å². The number of alkyl halides is 1. The number of halogens is 3. The second-order valence-electron chi connectivity index (χ2n) is 4.45. The van der Waals surface area contributed by atoms with Crippen LogP contribution >= 0.6 is 11.6 Å². The van der Waals surface area contributed by atoms with Crippen molar-refractivity contribution in [2.24, 2.45) is 5.73 Å². The third-order valence-corrected chi connectivity index (χ3v) is 3.47. The number of hydrogen-bond donors (Lipinski definition) is 1. The van der Waals surface area contributed by atoms with E-state index in [0.717, 1.165) is 6.42 Å². The fourth-order valence-corrected chi connectivity index (χ4v) is 2.64. The van der Waals surface area contributed by atoms with Crippen molar-refractivity contribution < 1.29 is 8.78 Å². The summed E-state index contributed by atoms with van der Waals surface area (Å²) in [6.07, 6.45) is 2.11. The molecule has 2 rings (SSSR count). The molecule has 0 amide bonds. The summed E-state index contributed by atoms with van der Waals surface area (Å²) >= 11 is 5.92. The molecule has 88 valence electrons. The summed E-state index contributed by atoms with van der Waals surface area (Å²) in [7, 11) is 0. The SMILES string of the molecule is NC1CCCC(F)(c2cc(F)ccc2Cl)C1. The Morgan fingerprint density at radius 2 is 2.19 bits per heavy atom. The molecule has 0 heterocycles. The highest BCUT2D eigenvalue weighted by Crippen LogP contribution is 2.43. The Bertz CT molecular complexity index is 397. The van der Waals surface area contributed by atoms with Crippen LogP contribution in [0.15, 0.2) is 18.2 Å². The predicted octanol–water partition coefficient (Wildman–Crippen LogP) is 3.55. The lowest BCUT2D eigenvalue weighted by molar-refractivity contribution is 0.0945. The molecule has 1 aliphatic rings. The average molecular weight is 246 g/mol. The van der Waals surface area contributed by atoms with Gasteiger partial charge in [-0.15, -0.1) is 0 Å². The van der Waals surface area contributed by atoms with Crippen molar-refractivity contribution in [2.45, 2.75) is 37.4 Å². The van der Waals surface area contributed by atoms with E-state index in [-0.39, 0.29) is 23.0 Å². The highest BCUT2D eigenvalue weighted by molar-refractivity contribution is 6.31. The van der Waals surface area contributed by atoms with Crippen molar-refractivity contribution in [2.75, 3.05) is 0 Å². The van der Waals surface area contributed by atoms with Crippen molar-refractivity contribution in [3.8, 4) is 0 Å². The van der Waals surface area contributed by atoms with E-state index < -0.39 is 11.5 Å². The van der Waals surface area contributed by atoms with Crippen LogP contribution in [0.4, 0.5) is 8.78 Å². The molecular weight excluding hydrogens is 232 g/mol. The van der Waals surface area contributed by atoms with Crippen LogP contribution in [0, 0.1) is 5.82 Å². The second kappa shape index (κ2) is 4.30. The maximum Gasteiger partial charge on any atom is 0.139 e. The maximum atomic E-state index is 14.7. The third-order valence-electron chi connectivity index (χ3n) is 3.14. The molecule has 16 heavy (non-hydrogen) atoms. The van der Waals surface area contributed by atoms with Gasteiger partial charge in [-0.3, -0.25) is 0 Å². The zero-order valence-electron chi connectivity index (χ0n) is 8.85. The molecule has 0 bridgehead atoms. The van der Waals surface area contributed by atoms with Crippen LogP contribution in [0.5, 0.6) is 0 Å². The van der Waals surface area contributed by atoms with Gasteiger partial charge < -0.3 is 5.73 Å². The average Bonchev–Trinajstić information content (AvgIpc) is 2.21. The van der Waals surface area contributed by atoms with Gasteiger partial charge in [0.1, 0.15) is 11.5 Å². The quantitative estimate of drug-likeness (QED) is 0.805. The molecule has 2 unspecified atom stereocenters. The Hall–Kier alpha value is -0.670. The summed E-state index contributed by atoms with van der Waals surface area (Å²) in [5, 5.41) is 0.276. The van der Waals surface area contributed by atoms with Crippen molar-refractivity contribution >= 4 is 11.6 Å². The number of hydrogen-bond acceptors (Lipinski definition) is 1. The topological polar surface area (TPSA) is 26.0 Å². The lowest BCUT2D eigenvalue weighted by Crippen LogP contribution is -2.36. The van der Waals surface area contributed by atoms with Crippen molar-refractivity contribution in [1.82, 2.24) is 0 Å². The van der Waals surface area contributed by atoms with Crippen LogP contribution in [0.1, 0.15) is 31.2 Å². The molecule has 1 aliphatic carbocycles. The molecule has 0 aliphatic heterocycles. The number of benzene rings is 1. The fraction of sp³-hybridized carbons (Fsp3) is 0.500. The zero-order chi connectivity index (χ0) is 11.8. The van der Waals surface area contributed by atoms with Crippen LogP contribution in [0.2, 0.25) is 5.02 Å². The van der Waals surface area contributed by atoms with E-state index in [4.69, 9.17) is 17.3 Å². The lowest BCUT2D eigenvalue weighted by Gasteiger charge is -2.34. The van der Waals surface area contributed by atoms with Gasteiger partial charge in [0, 0.05) is 23.0 Å². The Balaban J connectivity index is 2.37. The van der Waals surface area contributed by atoms with E-state index in [1.165, 1.54) is 18.2 Å². The summed E-state index contributed by atoms with van der Waals surface area (Å²) in [4.78, 5) is 0. The minimum Gasteiger partial charge on any atom is -0.328 e. The van der Waals surface area contributed by atoms with Crippen LogP contribution < -0.4 is 5.73 Å². The Morgan fingerprint density at radius 3 is 2.88 bits per heavy atom. The molecule has 4 heteroatoms. The van der Waals surface area contributed by atoms with Crippen molar-refractivity contribution in [3.63, 3.8) is 0 Å². The normalized spacial score (nSPS) is 30.4. The molecule has 0 radical (unpaired) electrons. The lowest BCUT2D eigenvalue weighted by atomic mass is 9.79. The van der Waals surface area contributed by atoms with Gasteiger partial charge in [0.05, 0.1) is 0 Å². The van der Waals surface area contributed by atoms with E-state index >= 15 is 0 Å². The first-order valence-electron chi connectivity index (χ1n) is 5.41. The van der Waals surface area contributed by atoms with E-state index in [1.807, 2.05) is 0 Å². The van der Waals surface area contributed by atoms with E-state index in [1.54, 1.807) is 0 Å². The highest BCUT2D eigenvalue weighted by atomic mass is 35.5. The largest absolute Gasteiger partial charge is 0.328 e. The van der Waals surface area contributed by atoms with Gasteiger partial charge in [0.2, 0.25) is 0 Å². The molecule has 1 aromatic rings. The van der Waals surface area contributed by atoms with E-state index in [2.05, 4.69) is 0 Å². The Kier molecular flexibility index (Phi) is 3.17. The van der Waals surface area contributed by atoms with Crippen LogP contribution in [-0.4, -0.2) is 6.04 Å². The van der Waals surface area contributed by atoms with Gasteiger partial charge in [0.25, 0.3) is 0 Å². The Labute approximate surface area is 98.6 Å². The summed E-state index contributed by atoms with van der Waals surface area (Å²) in [6.45, 7) is 0. The van der Waals surface area contributed by atoms with Crippen molar-refractivity contribution in [1.29, 1.82) is 0 Å². The third kappa shape index (κ3) is 2.20. The van der Waals surface area contributed by atoms with Crippen LogP contribution in [-0.2, 0) is 5.67 Å².